The lowest BCUT2D eigenvalue weighted by molar-refractivity contribution is -0.0160. The fraction of sp³-hybridized carbons (Fsp3) is 0.219. The summed E-state index contributed by atoms with van der Waals surface area (Å²) in [5.74, 6) is -1.11. The number of anilines is 1. The second-order valence-corrected chi connectivity index (χ2v) is 10.6. The normalized spacial score (nSPS) is 11.4. The monoisotopic (exact) mass is 655 g/mol. The van der Waals surface area contributed by atoms with E-state index < -0.39 is 54.1 Å². The van der Waals surface area contributed by atoms with Crippen LogP contribution in [0.25, 0.3) is 28.1 Å². The summed E-state index contributed by atoms with van der Waals surface area (Å²) >= 11 is 0. The third-order valence-electron chi connectivity index (χ3n) is 7.03. The molecular formula is C32H29F4N5O6. The highest BCUT2D eigenvalue weighted by Crippen LogP contribution is 2.34. The molecule has 0 unspecified atom stereocenters. The number of urea groups is 1. The first-order chi connectivity index (χ1) is 22.5. The van der Waals surface area contributed by atoms with Crippen LogP contribution >= 0.6 is 0 Å². The molecule has 0 atom stereocenters. The third-order valence-corrected chi connectivity index (χ3v) is 7.03. The van der Waals surface area contributed by atoms with Crippen LogP contribution in [0.15, 0.2) is 80.7 Å². The minimum atomic E-state index is -2.77. The Balaban J connectivity index is 1.68. The van der Waals surface area contributed by atoms with Gasteiger partial charge in [0.2, 0.25) is 5.71 Å². The Hall–Kier alpha value is -5.41. The predicted octanol–water partition coefficient (Wildman–Crippen LogP) is 5.13. The molecule has 2 aromatic heterocycles. The first-order valence-corrected chi connectivity index (χ1v) is 14.1. The maximum Gasteiger partial charge on any atom is 0.343 e. The van der Waals surface area contributed by atoms with E-state index in [4.69, 9.17) is 9.15 Å². The average molecular weight is 656 g/mol. The van der Waals surface area contributed by atoms with Gasteiger partial charge < -0.3 is 19.4 Å². The lowest BCUT2D eigenvalue weighted by atomic mass is 10.1. The summed E-state index contributed by atoms with van der Waals surface area (Å²) < 4.78 is 67.6. The number of nitrogens with zero attached hydrogens (tertiary/aromatic N) is 3. The quantitative estimate of drug-likeness (QED) is 0.150. The molecule has 2 heterocycles. The number of fused-ring (bicyclic) bond motifs is 1. The van der Waals surface area contributed by atoms with Gasteiger partial charge in [-0.05, 0) is 74.8 Å². The zero-order valence-electron chi connectivity index (χ0n) is 25.4. The number of methoxy groups -OCH3 is 1. The lowest BCUT2D eigenvalue weighted by Gasteiger charge is -2.14. The van der Waals surface area contributed by atoms with E-state index in [0.29, 0.717) is 16.9 Å². The van der Waals surface area contributed by atoms with Gasteiger partial charge >= 0.3 is 11.7 Å². The van der Waals surface area contributed by atoms with Crippen LogP contribution in [0.3, 0.4) is 0 Å². The maximum absolute atomic E-state index is 14.9. The standard InChI is InChI=1S/C32H29F4N5O6/c1-39(2)15-23-27-29(42)41(20-11-13-21(45-3)14-12-20)32(44)40(16-22-24(33)5-4-6-25(22)34)30(27)47-28(23)18-7-9-19(10-8-18)37-31(43)38-46-17-26(35)36/h4-14,26H,15-17H2,1-3H3,(H2,37,38,43). The zero-order valence-corrected chi connectivity index (χ0v) is 25.4. The SMILES string of the molecule is COc1ccc(-n2c(=O)c3c(CN(C)C)c(-c4ccc(NC(=O)NOCC(F)F)cc4)oc3n(Cc3c(F)cccc3F)c2=O)cc1. The van der Waals surface area contributed by atoms with E-state index in [9.17, 15) is 31.9 Å². The smallest absolute Gasteiger partial charge is 0.343 e. The van der Waals surface area contributed by atoms with Gasteiger partial charge in [-0.2, -0.15) is 0 Å². The Morgan fingerprint density at radius 2 is 1.62 bits per heavy atom. The number of alkyl halides is 2. The summed E-state index contributed by atoms with van der Waals surface area (Å²) in [5, 5.41) is 2.44. The molecule has 3 aromatic carbocycles. The number of rotatable bonds is 11. The highest BCUT2D eigenvalue weighted by molar-refractivity contribution is 5.89. The van der Waals surface area contributed by atoms with Crippen molar-refractivity contribution in [2.45, 2.75) is 19.5 Å². The minimum absolute atomic E-state index is 0.0126. The first kappa shape index (κ1) is 33.0. The van der Waals surface area contributed by atoms with Crippen molar-refractivity contribution < 1.29 is 36.3 Å². The zero-order chi connectivity index (χ0) is 33.8. The number of carbonyl (C=O) groups is 1. The van der Waals surface area contributed by atoms with Crippen LogP contribution < -0.4 is 26.8 Å². The number of nitrogens with one attached hydrogen (secondary N) is 2. The fourth-order valence-corrected chi connectivity index (χ4v) is 4.94. The number of aromatic nitrogens is 2. The number of carbonyl (C=O) groups excluding carboxylic acids is 1. The summed E-state index contributed by atoms with van der Waals surface area (Å²) in [6.07, 6.45) is -2.77. The molecular weight excluding hydrogens is 626 g/mol. The molecule has 0 aliphatic rings. The van der Waals surface area contributed by atoms with E-state index in [1.807, 2.05) is 5.48 Å². The summed E-state index contributed by atoms with van der Waals surface area (Å²) in [5.41, 5.74) is 0.907. The number of benzene rings is 3. The lowest BCUT2D eigenvalue weighted by Crippen LogP contribution is -2.39. The van der Waals surface area contributed by atoms with Crippen LogP contribution in [0.4, 0.5) is 28.0 Å². The summed E-state index contributed by atoms with van der Waals surface area (Å²) in [7, 11) is 4.99. The van der Waals surface area contributed by atoms with Gasteiger partial charge in [0, 0.05) is 28.9 Å². The van der Waals surface area contributed by atoms with Crippen molar-refractivity contribution in [3.8, 4) is 22.8 Å². The number of hydrogen-bond donors (Lipinski definition) is 2. The van der Waals surface area contributed by atoms with Crippen molar-refractivity contribution >= 4 is 22.8 Å². The number of amides is 2. The van der Waals surface area contributed by atoms with E-state index in [0.717, 1.165) is 21.3 Å². The topological polar surface area (TPSA) is 120 Å². The number of hydroxylamine groups is 1. The number of furan rings is 1. The molecule has 5 rings (SSSR count). The van der Waals surface area contributed by atoms with E-state index in [1.165, 1.54) is 37.4 Å². The van der Waals surface area contributed by atoms with Crippen LogP contribution in [-0.4, -0.2) is 54.3 Å². The molecule has 246 valence electrons. The highest BCUT2D eigenvalue weighted by atomic mass is 19.3. The Bertz CT molecular complexity index is 2000. The Morgan fingerprint density at radius 1 is 0.957 bits per heavy atom. The second kappa shape index (κ2) is 13.9. The maximum atomic E-state index is 14.9. The van der Waals surface area contributed by atoms with Crippen molar-refractivity contribution in [1.29, 1.82) is 0 Å². The molecule has 0 radical (unpaired) electrons. The highest BCUT2D eigenvalue weighted by Gasteiger charge is 2.27. The summed E-state index contributed by atoms with van der Waals surface area (Å²) in [6.45, 7) is -1.41. The van der Waals surface area contributed by atoms with Crippen molar-refractivity contribution in [3.05, 3.63) is 110 Å². The number of hydrogen-bond acceptors (Lipinski definition) is 7. The number of ether oxygens (including phenoxy) is 1. The Labute approximate surface area is 264 Å². The van der Waals surface area contributed by atoms with Gasteiger partial charge in [0.1, 0.15) is 35.1 Å². The van der Waals surface area contributed by atoms with Crippen molar-refractivity contribution in [2.24, 2.45) is 0 Å². The Morgan fingerprint density at radius 3 is 2.21 bits per heavy atom. The predicted molar refractivity (Wildman–Crippen MR) is 165 cm³/mol. The molecule has 11 nitrogen and oxygen atoms in total. The second-order valence-electron chi connectivity index (χ2n) is 10.6. The van der Waals surface area contributed by atoms with Crippen LogP contribution in [0, 0.1) is 11.6 Å². The van der Waals surface area contributed by atoms with Gasteiger partial charge in [-0.25, -0.2) is 37.2 Å². The van der Waals surface area contributed by atoms with E-state index in [1.54, 1.807) is 43.3 Å². The third kappa shape index (κ3) is 7.05. The molecule has 0 spiro atoms. The molecule has 2 amide bonds. The van der Waals surface area contributed by atoms with Crippen LogP contribution in [0.2, 0.25) is 0 Å². The molecule has 5 aromatic rings. The van der Waals surface area contributed by atoms with Gasteiger partial charge in [-0.3, -0.25) is 14.2 Å². The van der Waals surface area contributed by atoms with Gasteiger partial charge in [-0.15, -0.1) is 0 Å². The largest absolute Gasteiger partial charge is 0.497 e. The average Bonchev–Trinajstić information content (AvgIpc) is 3.39. The molecule has 0 saturated heterocycles. The molecule has 47 heavy (non-hydrogen) atoms. The van der Waals surface area contributed by atoms with E-state index in [-0.39, 0.29) is 34.8 Å². The van der Waals surface area contributed by atoms with Crippen molar-refractivity contribution in [3.63, 3.8) is 0 Å². The molecule has 0 fully saturated rings. The number of halogens is 4. The van der Waals surface area contributed by atoms with Crippen molar-refractivity contribution in [1.82, 2.24) is 19.5 Å². The van der Waals surface area contributed by atoms with Crippen molar-refractivity contribution in [2.75, 3.05) is 33.1 Å². The minimum Gasteiger partial charge on any atom is -0.497 e. The van der Waals surface area contributed by atoms with Gasteiger partial charge in [0.15, 0.2) is 0 Å². The fourth-order valence-electron chi connectivity index (χ4n) is 4.94. The molecule has 0 bridgehead atoms. The summed E-state index contributed by atoms with van der Waals surface area (Å²) in [6, 6.07) is 14.7. The molecule has 0 aliphatic heterocycles. The van der Waals surface area contributed by atoms with Gasteiger partial charge in [0.25, 0.3) is 12.0 Å². The van der Waals surface area contributed by atoms with Gasteiger partial charge in [-0.1, -0.05) is 6.07 Å². The Kier molecular flexibility index (Phi) is 9.77. The van der Waals surface area contributed by atoms with Crippen LogP contribution in [-0.2, 0) is 17.9 Å². The molecule has 15 heteroatoms. The molecule has 0 saturated carbocycles. The van der Waals surface area contributed by atoms with E-state index in [2.05, 4.69) is 10.2 Å². The van der Waals surface area contributed by atoms with Gasteiger partial charge in [0.05, 0.1) is 19.3 Å². The molecule has 0 aliphatic carbocycles. The molecule has 2 N–H and O–H groups in total. The van der Waals surface area contributed by atoms with Crippen LogP contribution in [0.5, 0.6) is 5.75 Å². The summed E-state index contributed by atoms with van der Waals surface area (Å²) in [4.78, 5) is 46.3. The van der Waals surface area contributed by atoms with Crippen LogP contribution in [0.1, 0.15) is 11.1 Å². The van der Waals surface area contributed by atoms with E-state index >= 15 is 0 Å². The first-order valence-electron chi connectivity index (χ1n) is 14.1.